The van der Waals surface area contributed by atoms with Crippen LogP contribution in [0.2, 0.25) is 0 Å². The Hall–Kier alpha value is -2.82. The molecule has 0 aliphatic rings. The molecule has 0 radical (unpaired) electrons. The summed E-state index contributed by atoms with van der Waals surface area (Å²) in [6.07, 6.45) is 2.13. The maximum absolute atomic E-state index is 8.01. The van der Waals surface area contributed by atoms with E-state index in [0.29, 0.717) is 5.75 Å². The fourth-order valence-corrected chi connectivity index (χ4v) is 1.97. The first-order chi connectivity index (χ1) is 12.8. The zero-order chi connectivity index (χ0) is 19.7. The number of aryl methyl sites for hydroxylation is 1. The second-order valence-corrected chi connectivity index (χ2v) is 4.53. The SMILES string of the molecule is [2H]c1c([2H])c([2H])c(-n2cnc(Nc3cc(CC)cc(OC)c3)n2)c([2H])c1[2H]. The molecule has 3 rings (SSSR count). The molecule has 1 N–H and O–H groups in total. The summed E-state index contributed by atoms with van der Waals surface area (Å²) >= 11 is 0. The van der Waals surface area contributed by atoms with Gasteiger partial charge in [-0.3, -0.25) is 0 Å². The van der Waals surface area contributed by atoms with E-state index in [9.17, 15) is 0 Å². The van der Waals surface area contributed by atoms with Crippen molar-refractivity contribution < 1.29 is 11.6 Å². The van der Waals surface area contributed by atoms with Crippen LogP contribution < -0.4 is 10.1 Å². The predicted molar refractivity (Wildman–Crippen MR) is 87.0 cm³/mol. The summed E-state index contributed by atoms with van der Waals surface area (Å²) in [6.45, 7) is 2.03. The number of methoxy groups -OCH3 is 1. The number of rotatable bonds is 5. The van der Waals surface area contributed by atoms with Crippen molar-refractivity contribution in [2.45, 2.75) is 13.3 Å². The first-order valence-electron chi connectivity index (χ1n) is 9.29. The third-order valence-electron chi connectivity index (χ3n) is 3.07. The Morgan fingerprint density at radius 1 is 1.23 bits per heavy atom. The van der Waals surface area contributed by atoms with Gasteiger partial charge in [0.2, 0.25) is 5.95 Å². The van der Waals surface area contributed by atoms with Crippen molar-refractivity contribution in [3.63, 3.8) is 0 Å². The van der Waals surface area contributed by atoms with Crippen molar-refractivity contribution in [2.75, 3.05) is 12.4 Å². The molecule has 0 fully saturated rings. The lowest BCUT2D eigenvalue weighted by atomic mass is 10.1. The number of ether oxygens (including phenoxy) is 1. The minimum Gasteiger partial charge on any atom is -0.497 e. The van der Waals surface area contributed by atoms with Crippen LogP contribution in [-0.4, -0.2) is 21.9 Å². The van der Waals surface area contributed by atoms with E-state index in [1.807, 2.05) is 19.1 Å². The van der Waals surface area contributed by atoms with E-state index in [2.05, 4.69) is 15.4 Å². The molecule has 22 heavy (non-hydrogen) atoms. The first kappa shape index (κ1) is 9.25. The van der Waals surface area contributed by atoms with E-state index in [0.717, 1.165) is 17.7 Å². The van der Waals surface area contributed by atoms with Gasteiger partial charge in [0.25, 0.3) is 0 Å². The summed E-state index contributed by atoms with van der Waals surface area (Å²) in [5.74, 6) is 0.930. The molecular weight excluding hydrogens is 276 g/mol. The topological polar surface area (TPSA) is 52.0 Å². The highest BCUT2D eigenvalue weighted by Gasteiger charge is 2.05. The number of anilines is 2. The van der Waals surface area contributed by atoms with Gasteiger partial charge in [0.15, 0.2) is 0 Å². The molecule has 1 heterocycles. The lowest BCUT2D eigenvalue weighted by Crippen LogP contribution is -1.98. The van der Waals surface area contributed by atoms with Crippen molar-refractivity contribution in [1.29, 1.82) is 0 Å². The van der Waals surface area contributed by atoms with Crippen LogP contribution in [0.15, 0.2) is 54.7 Å². The second-order valence-electron chi connectivity index (χ2n) is 4.53. The normalized spacial score (nSPS) is 13.6. The van der Waals surface area contributed by atoms with Crippen molar-refractivity contribution in [2.24, 2.45) is 0 Å². The van der Waals surface area contributed by atoms with E-state index in [1.165, 1.54) is 11.0 Å². The largest absolute Gasteiger partial charge is 0.497 e. The molecule has 5 nitrogen and oxygen atoms in total. The smallest absolute Gasteiger partial charge is 0.246 e. The first-order valence-corrected chi connectivity index (χ1v) is 6.79. The lowest BCUT2D eigenvalue weighted by molar-refractivity contribution is 0.414. The van der Waals surface area contributed by atoms with Crippen LogP contribution >= 0.6 is 0 Å². The Morgan fingerprint density at radius 3 is 2.77 bits per heavy atom. The monoisotopic (exact) mass is 299 g/mol. The molecule has 5 heteroatoms. The van der Waals surface area contributed by atoms with Gasteiger partial charge in [-0.25, -0.2) is 4.68 Å². The number of para-hydroxylation sites is 1. The maximum atomic E-state index is 8.01. The van der Waals surface area contributed by atoms with Crippen LogP contribution in [0.1, 0.15) is 19.3 Å². The maximum Gasteiger partial charge on any atom is 0.246 e. The van der Waals surface area contributed by atoms with Crippen LogP contribution in [0.25, 0.3) is 5.69 Å². The van der Waals surface area contributed by atoms with Gasteiger partial charge >= 0.3 is 0 Å². The molecule has 0 amide bonds. The molecule has 0 saturated carbocycles. The van der Waals surface area contributed by atoms with Crippen LogP contribution in [0, 0.1) is 0 Å². The molecule has 0 spiro atoms. The summed E-state index contributed by atoms with van der Waals surface area (Å²) in [6, 6.07) is 3.70. The van der Waals surface area contributed by atoms with Gasteiger partial charge in [0.05, 0.1) is 19.7 Å². The summed E-state index contributed by atoms with van der Waals surface area (Å²) < 4.78 is 45.7. The highest BCUT2D eigenvalue weighted by atomic mass is 16.5. The Kier molecular flexibility index (Phi) is 2.65. The zero-order valence-electron chi connectivity index (χ0n) is 17.3. The molecule has 0 aliphatic carbocycles. The third kappa shape index (κ3) is 3.09. The Bertz CT molecular complexity index is 954. The highest BCUT2D eigenvalue weighted by Crippen LogP contribution is 2.23. The average molecular weight is 299 g/mol. The number of hydrogen-bond donors (Lipinski definition) is 1. The quantitative estimate of drug-likeness (QED) is 0.782. The molecular formula is C17H18N4O. The summed E-state index contributed by atoms with van der Waals surface area (Å²) in [4.78, 5) is 4.13. The van der Waals surface area contributed by atoms with Crippen LogP contribution in [0.5, 0.6) is 5.75 Å². The third-order valence-corrected chi connectivity index (χ3v) is 3.07. The summed E-state index contributed by atoms with van der Waals surface area (Å²) in [5.41, 5.74) is 1.74. The number of hydrogen-bond acceptors (Lipinski definition) is 4. The van der Waals surface area contributed by atoms with Gasteiger partial charge in [-0.05, 0) is 36.2 Å². The van der Waals surface area contributed by atoms with Crippen molar-refractivity contribution >= 4 is 11.6 Å². The molecule has 0 atom stereocenters. The predicted octanol–water partition coefficient (Wildman–Crippen LogP) is 3.58. The zero-order valence-corrected chi connectivity index (χ0v) is 12.3. The molecule has 0 unspecified atom stereocenters. The second kappa shape index (κ2) is 6.30. The molecule has 0 aliphatic heterocycles. The number of benzene rings is 2. The summed E-state index contributed by atoms with van der Waals surface area (Å²) in [5, 5.41) is 7.25. The number of nitrogens with one attached hydrogen (secondary N) is 1. The van der Waals surface area contributed by atoms with Gasteiger partial charge in [-0.1, -0.05) is 25.1 Å². The lowest BCUT2D eigenvalue weighted by Gasteiger charge is -2.08. The molecule has 3 aromatic rings. The average Bonchev–Trinajstić information content (AvgIpc) is 3.12. The fourth-order valence-electron chi connectivity index (χ4n) is 1.97. The van der Waals surface area contributed by atoms with E-state index < -0.39 is 18.1 Å². The Balaban J connectivity index is 1.97. The van der Waals surface area contributed by atoms with Crippen LogP contribution in [0.3, 0.4) is 0 Å². The van der Waals surface area contributed by atoms with Crippen molar-refractivity contribution in [3.05, 3.63) is 60.3 Å². The van der Waals surface area contributed by atoms with E-state index >= 15 is 0 Å². The minimum absolute atomic E-state index is 0.0542. The van der Waals surface area contributed by atoms with Crippen LogP contribution in [0.4, 0.5) is 11.6 Å². The molecule has 2 aromatic carbocycles. The fraction of sp³-hybridized carbons (Fsp3) is 0.176. The van der Waals surface area contributed by atoms with Gasteiger partial charge in [0, 0.05) is 11.8 Å². The Morgan fingerprint density at radius 2 is 2.05 bits per heavy atom. The van der Waals surface area contributed by atoms with Gasteiger partial charge < -0.3 is 10.1 Å². The number of aromatic nitrogens is 3. The van der Waals surface area contributed by atoms with Gasteiger partial charge in [0.1, 0.15) is 12.1 Å². The van der Waals surface area contributed by atoms with E-state index in [4.69, 9.17) is 11.6 Å². The molecule has 1 aromatic heterocycles. The highest BCUT2D eigenvalue weighted by molar-refractivity contribution is 5.57. The molecule has 0 bridgehead atoms. The minimum atomic E-state index is -0.448. The molecule has 0 saturated heterocycles. The summed E-state index contributed by atoms with van der Waals surface area (Å²) in [7, 11) is 1.59. The number of nitrogens with zero attached hydrogens (tertiary/aromatic N) is 3. The van der Waals surface area contributed by atoms with Gasteiger partial charge in [-0.2, -0.15) is 4.98 Å². The van der Waals surface area contributed by atoms with Crippen molar-refractivity contribution in [1.82, 2.24) is 14.8 Å². The Labute approximate surface area is 136 Å². The van der Waals surface area contributed by atoms with E-state index in [1.54, 1.807) is 13.2 Å². The molecule has 112 valence electrons. The van der Waals surface area contributed by atoms with E-state index in [-0.39, 0.29) is 23.7 Å². The standard InChI is InChI=1S/C17H18N4O/c1-3-13-9-14(11-16(10-13)22-2)19-17-18-12-21(20-17)15-7-5-4-6-8-15/h4-12H,3H2,1-2H3,(H,19,20)/i4D,5D,6D,7D,8D. The van der Waals surface area contributed by atoms with Crippen molar-refractivity contribution in [3.8, 4) is 11.4 Å². The van der Waals surface area contributed by atoms with Gasteiger partial charge in [-0.15, -0.1) is 5.10 Å². The van der Waals surface area contributed by atoms with Crippen LogP contribution in [-0.2, 0) is 6.42 Å².